The molecule has 1 fully saturated rings. The van der Waals surface area contributed by atoms with Crippen LogP contribution in [0.15, 0.2) is 30.9 Å². The van der Waals surface area contributed by atoms with E-state index in [4.69, 9.17) is 11.6 Å². The number of rotatable bonds is 3. The second kappa shape index (κ2) is 5.69. The fraction of sp³-hybridized carbons (Fsp3) is 0.385. The molecule has 110 valence electrons. The van der Waals surface area contributed by atoms with Crippen LogP contribution < -0.4 is 4.90 Å². The Morgan fingerprint density at radius 3 is 2.71 bits per heavy atom. The Hall–Kier alpha value is -2.15. The summed E-state index contributed by atoms with van der Waals surface area (Å²) in [6.07, 6.45) is 4.99. The summed E-state index contributed by atoms with van der Waals surface area (Å²) in [6.45, 7) is 1.49. The zero-order valence-corrected chi connectivity index (χ0v) is 12.0. The average molecular weight is 308 g/mol. The maximum atomic E-state index is 11.2. The quantitative estimate of drug-likeness (QED) is 0.643. The number of aromatic nitrogens is 3. The molecule has 3 rings (SSSR count). The minimum atomic E-state index is -0.384. The van der Waals surface area contributed by atoms with Crippen molar-refractivity contribution in [3.63, 3.8) is 0 Å². The largest absolute Gasteiger partial charge is 0.366 e. The summed E-state index contributed by atoms with van der Waals surface area (Å²) < 4.78 is 1.85. The molecule has 2 heterocycles. The minimum absolute atomic E-state index is 0.0571. The highest BCUT2D eigenvalue weighted by Gasteiger charge is 2.26. The Morgan fingerprint density at radius 2 is 2.10 bits per heavy atom. The third kappa shape index (κ3) is 2.82. The highest BCUT2D eigenvalue weighted by Crippen LogP contribution is 2.34. The summed E-state index contributed by atoms with van der Waals surface area (Å²) in [5.41, 5.74) is 0.683. The van der Waals surface area contributed by atoms with Gasteiger partial charge in [-0.3, -0.25) is 10.1 Å². The monoisotopic (exact) mass is 307 g/mol. The van der Waals surface area contributed by atoms with Gasteiger partial charge in [0.2, 0.25) is 0 Å². The molecule has 0 saturated carbocycles. The van der Waals surface area contributed by atoms with Crippen LogP contribution in [0.1, 0.15) is 18.9 Å². The number of nitrogens with zero attached hydrogens (tertiary/aromatic N) is 5. The van der Waals surface area contributed by atoms with E-state index in [0.29, 0.717) is 16.8 Å². The van der Waals surface area contributed by atoms with Gasteiger partial charge in [-0.1, -0.05) is 11.6 Å². The highest BCUT2D eigenvalue weighted by molar-refractivity contribution is 6.30. The van der Waals surface area contributed by atoms with Crippen LogP contribution in [0.2, 0.25) is 5.02 Å². The summed E-state index contributed by atoms with van der Waals surface area (Å²) >= 11 is 5.85. The van der Waals surface area contributed by atoms with Crippen LogP contribution in [-0.4, -0.2) is 32.8 Å². The fourth-order valence-electron chi connectivity index (χ4n) is 2.69. The molecule has 0 atom stereocenters. The first kappa shape index (κ1) is 13.8. The first-order chi connectivity index (χ1) is 10.1. The maximum Gasteiger partial charge on any atom is 0.294 e. The van der Waals surface area contributed by atoms with Crippen LogP contribution in [0.4, 0.5) is 11.4 Å². The zero-order chi connectivity index (χ0) is 14.8. The Morgan fingerprint density at radius 1 is 1.33 bits per heavy atom. The van der Waals surface area contributed by atoms with Gasteiger partial charge in [0.15, 0.2) is 0 Å². The van der Waals surface area contributed by atoms with Gasteiger partial charge in [0.05, 0.1) is 11.0 Å². The van der Waals surface area contributed by atoms with E-state index in [-0.39, 0.29) is 10.6 Å². The van der Waals surface area contributed by atoms with Crippen LogP contribution in [-0.2, 0) is 0 Å². The van der Waals surface area contributed by atoms with Crippen molar-refractivity contribution >= 4 is 23.0 Å². The molecular weight excluding hydrogens is 294 g/mol. The molecule has 0 spiro atoms. The van der Waals surface area contributed by atoms with Gasteiger partial charge in [0, 0.05) is 24.2 Å². The van der Waals surface area contributed by atoms with Gasteiger partial charge >= 0.3 is 0 Å². The van der Waals surface area contributed by atoms with E-state index in [9.17, 15) is 10.1 Å². The fourth-order valence-corrected chi connectivity index (χ4v) is 2.85. The molecule has 1 saturated heterocycles. The molecule has 0 amide bonds. The highest BCUT2D eigenvalue weighted by atomic mass is 35.5. The van der Waals surface area contributed by atoms with Crippen LogP contribution in [0.5, 0.6) is 0 Å². The normalized spacial score (nSPS) is 16.1. The molecule has 1 aliphatic rings. The number of nitro benzene ring substituents is 1. The number of halogens is 1. The van der Waals surface area contributed by atoms with E-state index in [1.54, 1.807) is 18.5 Å². The molecule has 1 aromatic carbocycles. The smallest absolute Gasteiger partial charge is 0.294 e. The van der Waals surface area contributed by atoms with Crippen LogP contribution in [0.3, 0.4) is 0 Å². The lowest BCUT2D eigenvalue weighted by Crippen LogP contribution is -2.35. The number of piperidine rings is 1. The summed E-state index contributed by atoms with van der Waals surface area (Å²) in [4.78, 5) is 16.8. The molecular formula is C13H14ClN5O2. The second-order valence-corrected chi connectivity index (χ2v) is 5.42. The number of hydrogen-bond donors (Lipinski definition) is 0. The van der Waals surface area contributed by atoms with Gasteiger partial charge in [-0.25, -0.2) is 9.67 Å². The Bertz CT molecular complexity index is 638. The Balaban J connectivity index is 1.76. The molecule has 2 aromatic rings. The lowest BCUT2D eigenvalue weighted by atomic mass is 10.0. The topological polar surface area (TPSA) is 77.1 Å². The molecule has 0 unspecified atom stereocenters. The molecule has 0 N–H and O–H groups in total. The minimum Gasteiger partial charge on any atom is -0.366 e. The van der Waals surface area contributed by atoms with E-state index >= 15 is 0 Å². The van der Waals surface area contributed by atoms with E-state index in [0.717, 1.165) is 25.9 Å². The van der Waals surface area contributed by atoms with Crippen molar-refractivity contribution in [3.8, 4) is 0 Å². The van der Waals surface area contributed by atoms with E-state index < -0.39 is 0 Å². The molecule has 1 aromatic heterocycles. The lowest BCUT2D eigenvalue weighted by molar-refractivity contribution is -0.384. The molecule has 1 aliphatic heterocycles. The summed E-state index contributed by atoms with van der Waals surface area (Å²) in [6, 6.07) is 5.11. The third-order valence-corrected chi connectivity index (χ3v) is 3.99. The van der Waals surface area contributed by atoms with Crippen molar-refractivity contribution in [1.82, 2.24) is 14.8 Å². The van der Waals surface area contributed by atoms with Gasteiger partial charge in [-0.2, -0.15) is 5.10 Å². The summed E-state index contributed by atoms with van der Waals surface area (Å²) in [7, 11) is 0. The molecule has 0 aliphatic carbocycles. The second-order valence-electron chi connectivity index (χ2n) is 4.98. The van der Waals surface area contributed by atoms with Crippen molar-refractivity contribution in [2.24, 2.45) is 0 Å². The van der Waals surface area contributed by atoms with Crippen molar-refractivity contribution < 1.29 is 4.92 Å². The van der Waals surface area contributed by atoms with Gasteiger partial charge in [0.1, 0.15) is 18.3 Å². The molecule has 8 heteroatoms. The van der Waals surface area contributed by atoms with E-state index in [1.165, 1.54) is 12.4 Å². The van der Waals surface area contributed by atoms with Gasteiger partial charge in [0.25, 0.3) is 5.69 Å². The zero-order valence-electron chi connectivity index (χ0n) is 11.2. The van der Waals surface area contributed by atoms with Gasteiger partial charge in [-0.05, 0) is 25.0 Å². The molecule has 21 heavy (non-hydrogen) atoms. The SMILES string of the molecule is O=[N+]([O-])c1cc(Cl)ccc1N1CCC(n2cncn2)CC1. The van der Waals surface area contributed by atoms with Gasteiger partial charge in [-0.15, -0.1) is 0 Å². The Kier molecular flexibility index (Phi) is 3.74. The molecule has 0 radical (unpaired) electrons. The summed E-state index contributed by atoms with van der Waals surface area (Å²) in [5.74, 6) is 0. The lowest BCUT2D eigenvalue weighted by Gasteiger charge is -2.33. The van der Waals surface area contributed by atoms with Crippen molar-refractivity contribution in [3.05, 3.63) is 46.0 Å². The molecule has 7 nitrogen and oxygen atoms in total. The number of hydrogen-bond acceptors (Lipinski definition) is 5. The predicted molar refractivity (Wildman–Crippen MR) is 78.6 cm³/mol. The van der Waals surface area contributed by atoms with Crippen LogP contribution in [0, 0.1) is 10.1 Å². The Labute approximate surface area is 126 Å². The molecule has 0 bridgehead atoms. The van der Waals surface area contributed by atoms with E-state index in [1.807, 2.05) is 9.58 Å². The third-order valence-electron chi connectivity index (χ3n) is 3.75. The standard InChI is InChI=1S/C13H14ClN5O2/c14-10-1-2-12(13(7-10)19(20)21)17-5-3-11(4-6-17)18-9-15-8-16-18/h1-2,7-9,11H,3-6H2. The number of benzene rings is 1. The van der Waals surface area contributed by atoms with Crippen molar-refractivity contribution in [2.75, 3.05) is 18.0 Å². The number of anilines is 1. The average Bonchev–Trinajstić information content (AvgIpc) is 3.01. The van der Waals surface area contributed by atoms with Crippen molar-refractivity contribution in [1.29, 1.82) is 0 Å². The predicted octanol–water partition coefficient (Wildman–Crippen LogP) is 2.68. The summed E-state index contributed by atoms with van der Waals surface area (Å²) in [5, 5.41) is 15.7. The first-order valence-electron chi connectivity index (χ1n) is 6.68. The number of nitro groups is 1. The van der Waals surface area contributed by atoms with Crippen LogP contribution >= 0.6 is 11.6 Å². The maximum absolute atomic E-state index is 11.2. The van der Waals surface area contributed by atoms with Crippen molar-refractivity contribution in [2.45, 2.75) is 18.9 Å². The van der Waals surface area contributed by atoms with Gasteiger partial charge < -0.3 is 4.90 Å². The van der Waals surface area contributed by atoms with Crippen LogP contribution in [0.25, 0.3) is 0 Å². The first-order valence-corrected chi connectivity index (χ1v) is 7.06. The van der Waals surface area contributed by atoms with E-state index in [2.05, 4.69) is 10.1 Å².